The van der Waals surface area contributed by atoms with Gasteiger partial charge in [-0.2, -0.15) is 0 Å². The Balaban J connectivity index is 2.86. The first-order valence-corrected chi connectivity index (χ1v) is 6.26. The number of hydrogen-bond acceptors (Lipinski definition) is 3. The van der Waals surface area contributed by atoms with E-state index in [1.807, 2.05) is 6.07 Å². The van der Waals surface area contributed by atoms with Crippen LogP contribution in [0.25, 0.3) is 10.9 Å². The monoisotopic (exact) mass is 239 g/mol. The maximum absolute atomic E-state index is 11.9. The van der Waals surface area contributed by atoms with Gasteiger partial charge in [-0.25, -0.2) is 4.57 Å². The Morgan fingerprint density at radius 2 is 2.12 bits per heavy atom. The van der Waals surface area contributed by atoms with Crippen LogP contribution in [0.15, 0.2) is 30.6 Å². The number of aromatic nitrogens is 2. The lowest BCUT2D eigenvalue weighted by molar-refractivity contribution is -0.656. The second-order valence-corrected chi connectivity index (χ2v) is 5.23. The van der Waals surface area contributed by atoms with Crippen molar-refractivity contribution in [2.45, 2.75) is 0 Å². The van der Waals surface area contributed by atoms with Crippen LogP contribution in [0.1, 0.15) is 0 Å². The van der Waals surface area contributed by atoms with Crippen LogP contribution in [-0.4, -0.2) is 17.0 Å². The summed E-state index contributed by atoms with van der Waals surface area (Å²) in [6.07, 6.45) is 1.50. The van der Waals surface area contributed by atoms with Crippen LogP contribution in [0.4, 0.5) is 0 Å². The highest BCUT2D eigenvalue weighted by Crippen LogP contribution is 2.39. The molecule has 5 nitrogen and oxygen atoms in total. The molecule has 1 heterocycles. The molecule has 0 aliphatic rings. The third-order valence-corrected chi connectivity index (χ3v) is 3.95. The summed E-state index contributed by atoms with van der Waals surface area (Å²) in [6, 6.07) is 7.16. The normalized spacial score (nSPS) is 14.9. The van der Waals surface area contributed by atoms with E-state index < -0.39 is 7.60 Å². The molecule has 0 aliphatic carbocycles. The lowest BCUT2D eigenvalue weighted by Gasteiger charge is -2.09. The van der Waals surface area contributed by atoms with Gasteiger partial charge in [0.15, 0.2) is 5.52 Å². The maximum atomic E-state index is 11.9. The van der Waals surface area contributed by atoms with E-state index in [2.05, 4.69) is 9.51 Å². The summed E-state index contributed by atoms with van der Waals surface area (Å²) < 4.78 is 18.1. The number of benzene rings is 1. The van der Waals surface area contributed by atoms with E-state index in [9.17, 15) is 9.46 Å². The summed E-state index contributed by atoms with van der Waals surface area (Å²) in [4.78, 5) is 13.9. The predicted molar refractivity (Wildman–Crippen MR) is 59.4 cm³/mol. The minimum atomic E-state index is -3.79. The van der Waals surface area contributed by atoms with E-state index in [-0.39, 0.29) is 5.44 Å². The molecule has 1 unspecified atom stereocenters. The van der Waals surface area contributed by atoms with Crippen LogP contribution in [-0.2, 0) is 16.1 Å². The van der Waals surface area contributed by atoms with Crippen LogP contribution in [0.3, 0.4) is 0 Å². The number of nitrogens with zero attached hydrogens (tertiary/aromatic N) is 2. The summed E-state index contributed by atoms with van der Waals surface area (Å²) in [6.45, 7) is 0. The first-order chi connectivity index (χ1) is 7.56. The molecule has 84 valence electrons. The Kier molecular flexibility index (Phi) is 2.76. The van der Waals surface area contributed by atoms with Gasteiger partial charge in [0, 0.05) is 7.11 Å². The van der Waals surface area contributed by atoms with Crippen LogP contribution in [0.5, 0.6) is 0 Å². The lowest BCUT2D eigenvalue weighted by atomic mass is 10.2. The second-order valence-electron chi connectivity index (χ2n) is 3.40. The Morgan fingerprint density at radius 1 is 1.44 bits per heavy atom. The van der Waals surface area contributed by atoms with Crippen molar-refractivity contribution in [3.8, 4) is 0 Å². The standard InChI is InChI=1S/C10H11N2O3P/c1-12-7-11-9-6-4-3-5-8(9)10(12)16(13,14)15-2/h3-7H,1-2H3/p+1. The van der Waals surface area contributed by atoms with Crippen molar-refractivity contribution in [2.75, 3.05) is 7.11 Å². The Bertz CT molecular complexity index is 585. The van der Waals surface area contributed by atoms with Crippen molar-refractivity contribution in [1.29, 1.82) is 0 Å². The molecular weight excluding hydrogens is 227 g/mol. The second kappa shape index (κ2) is 3.94. The fraction of sp³-hybridized carbons (Fsp3) is 0.200. The van der Waals surface area contributed by atoms with E-state index in [0.29, 0.717) is 10.9 Å². The number of para-hydroxylation sites is 1. The van der Waals surface area contributed by atoms with Gasteiger partial charge in [-0.15, -0.1) is 0 Å². The molecule has 0 saturated carbocycles. The van der Waals surface area contributed by atoms with Gasteiger partial charge in [0.25, 0.3) is 6.33 Å². The van der Waals surface area contributed by atoms with Gasteiger partial charge in [0.1, 0.15) is 0 Å². The highest BCUT2D eigenvalue weighted by atomic mass is 31.2. The van der Waals surface area contributed by atoms with Gasteiger partial charge >= 0.3 is 7.60 Å². The van der Waals surface area contributed by atoms with E-state index >= 15 is 0 Å². The largest absolute Gasteiger partial charge is 0.398 e. The molecule has 1 atom stereocenters. The van der Waals surface area contributed by atoms with E-state index in [1.165, 1.54) is 18.0 Å². The number of fused-ring (bicyclic) bond motifs is 1. The average Bonchev–Trinajstić information content (AvgIpc) is 2.28. The van der Waals surface area contributed by atoms with Gasteiger partial charge < -0.3 is 9.42 Å². The van der Waals surface area contributed by atoms with Gasteiger partial charge in [0.2, 0.25) is 5.44 Å². The molecule has 0 radical (unpaired) electrons. The fourth-order valence-electron chi connectivity index (χ4n) is 1.61. The topological polar surface area (TPSA) is 63.3 Å². The third-order valence-electron chi connectivity index (χ3n) is 2.36. The molecule has 0 fully saturated rings. The maximum Gasteiger partial charge on any atom is 0.398 e. The molecule has 0 aliphatic heterocycles. The zero-order valence-electron chi connectivity index (χ0n) is 8.99. The molecular formula is C10H12N2O3P+. The van der Waals surface area contributed by atoms with Crippen LogP contribution < -0.4 is 10.0 Å². The van der Waals surface area contributed by atoms with Crippen LogP contribution in [0.2, 0.25) is 0 Å². The summed E-state index contributed by atoms with van der Waals surface area (Å²) in [5, 5.41) is 0.625. The molecule has 1 N–H and O–H groups in total. The molecule has 2 aromatic rings. The molecule has 0 spiro atoms. The third kappa shape index (κ3) is 1.73. The van der Waals surface area contributed by atoms with Crippen molar-refractivity contribution in [3.63, 3.8) is 0 Å². The van der Waals surface area contributed by atoms with E-state index in [4.69, 9.17) is 0 Å². The summed E-state index contributed by atoms with van der Waals surface area (Å²) in [5.74, 6) is 0. The Hall–Kier alpha value is -1.29. The van der Waals surface area contributed by atoms with Gasteiger partial charge in [-0.1, -0.05) is 12.1 Å². The SMILES string of the molecule is COP(=O)(O)c1c2ccccc2nc[n+]1C. The Morgan fingerprint density at radius 3 is 2.81 bits per heavy atom. The minimum absolute atomic E-state index is 0.251. The zero-order valence-corrected chi connectivity index (χ0v) is 9.89. The zero-order chi connectivity index (χ0) is 11.8. The van der Waals surface area contributed by atoms with Crippen molar-refractivity contribution >= 4 is 23.9 Å². The van der Waals surface area contributed by atoms with Crippen molar-refractivity contribution in [3.05, 3.63) is 30.6 Å². The molecule has 16 heavy (non-hydrogen) atoms. The van der Waals surface area contributed by atoms with E-state index in [1.54, 1.807) is 25.2 Å². The summed E-state index contributed by atoms with van der Waals surface area (Å²) in [7, 11) is -0.904. The molecule has 0 saturated heterocycles. The quantitative estimate of drug-likeness (QED) is 0.613. The fourth-order valence-corrected chi connectivity index (χ4v) is 2.72. The highest BCUT2D eigenvalue weighted by Gasteiger charge is 2.31. The smallest absolute Gasteiger partial charge is 0.318 e. The molecule has 6 heteroatoms. The van der Waals surface area contributed by atoms with Crippen molar-refractivity contribution in [2.24, 2.45) is 7.05 Å². The van der Waals surface area contributed by atoms with Gasteiger partial charge in [0.05, 0.1) is 12.4 Å². The van der Waals surface area contributed by atoms with Gasteiger partial charge in [-0.3, -0.25) is 4.57 Å². The molecule has 2 rings (SSSR count). The predicted octanol–water partition coefficient (Wildman–Crippen LogP) is 0.516. The minimum Gasteiger partial charge on any atom is -0.318 e. The number of rotatable bonds is 2. The molecule has 1 aromatic carbocycles. The molecule has 1 aromatic heterocycles. The molecule has 0 bridgehead atoms. The van der Waals surface area contributed by atoms with Gasteiger partial charge in [-0.05, 0) is 17.1 Å². The lowest BCUT2D eigenvalue weighted by Crippen LogP contribution is -2.46. The average molecular weight is 239 g/mol. The first kappa shape index (κ1) is 11.2. The summed E-state index contributed by atoms with van der Waals surface area (Å²) in [5.41, 5.74) is 0.919. The van der Waals surface area contributed by atoms with Crippen molar-refractivity contribution in [1.82, 2.24) is 4.98 Å². The molecule has 0 amide bonds. The first-order valence-electron chi connectivity index (χ1n) is 4.69. The number of aryl methyl sites for hydroxylation is 1. The Labute approximate surface area is 92.9 Å². The van der Waals surface area contributed by atoms with E-state index in [0.717, 1.165) is 0 Å². The summed E-state index contributed by atoms with van der Waals surface area (Å²) >= 11 is 0. The van der Waals surface area contributed by atoms with Crippen LogP contribution in [0, 0.1) is 0 Å². The van der Waals surface area contributed by atoms with Crippen molar-refractivity contribution < 1.29 is 18.5 Å². The van der Waals surface area contributed by atoms with Crippen LogP contribution >= 0.6 is 7.60 Å². The highest BCUT2D eigenvalue weighted by molar-refractivity contribution is 7.61. The number of hydrogen-bond donors (Lipinski definition) is 1.